The van der Waals surface area contributed by atoms with Crippen LogP contribution in [0.2, 0.25) is 0 Å². The minimum atomic E-state index is -1.44. The molecule has 2 aliphatic rings. The second-order valence-electron chi connectivity index (χ2n) is 7.39. The number of aliphatic hydroxyl groups is 1. The third kappa shape index (κ3) is 3.52. The van der Waals surface area contributed by atoms with Crippen LogP contribution in [0.25, 0.3) is 6.08 Å². The van der Waals surface area contributed by atoms with Gasteiger partial charge in [-0.05, 0) is 12.5 Å². The van der Waals surface area contributed by atoms with Gasteiger partial charge in [-0.3, -0.25) is 9.59 Å². The number of hydrogen-bond acceptors (Lipinski definition) is 7. The van der Waals surface area contributed by atoms with Crippen LogP contribution in [0.1, 0.15) is 72.5 Å². The molecule has 0 aromatic heterocycles. The van der Waals surface area contributed by atoms with Crippen molar-refractivity contribution in [3.63, 3.8) is 0 Å². The molecule has 1 aromatic rings. The summed E-state index contributed by atoms with van der Waals surface area (Å²) in [6, 6.07) is 0. The van der Waals surface area contributed by atoms with Crippen LogP contribution in [0.5, 0.6) is 11.5 Å². The molecule has 3 N–H and O–H groups in total. The molecule has 1 aromatic carbocycles. The monoisotopic (exact) mass is 390 g/mol. The highest BCUT2D eigenvalue weighted by molar-refractivity contribution is 6.52. The first-order valence-electron chi connectivity index (χ1n) is 9.63. The lowest BCUT2D eigenvalue weighted by Crippen LogP contribution is -2.39. The molecule has 7 heteroatoms. The van der Waals surface area contributed by atoms with Gasteiger partial charge in [0.1, 0.15) is 11.5 Å². The first-order chi connectivity index (χ1) is 13.3. The molecule has 1 aliphatic heterocycles. The number of ketones is 2. The summed E-state index contributed by atoms with van der Waals surface area (Å²) in [5, 5.41) is 32.1. The number of Topliss-reactive ketones (excluding diaryl/α,β-unsaturated/α-hetero) is 2. The quantitative estimate of drug-likeness (QED) is 0.373. The van der Waals surface area contributed by atoms with Crippen molar-refractivity contribution in [3.05, 3.63) is 28.0 Å². The van der Waals surface area contributed by atoms with E-state index in [-0.39, 0.29) is 41.2 Å². The molecule has 0 spiro atoms. The first-order valence-corrected chi connectivity index (χ1v) is 9.63. The van der Waals surface area contributed by atoms with E-state index < -0.39 is 23.1 Å². The number of carbonyl (C=O) groups excluding carboxylic acids is 2. The van der Waals surface area contributed by atoms with Crippen molar-refractivity contribution in [1.82, 2.24) is 0 Å². The van der Waals surface area contributed by atoms with Crippen LogP contribution < -0.4 is 0 Å². The number of ether oxygens (including phenoxy) is 2. The van der Waals surface area contributed by atoms with Crippen molar-refractivity contribution in [2.45, 2.75) is 64.3 Å². The Hall–Kier alpha value is -2.38. The van der Waals surface area contributed by atoms with Gasteiger partial charge in [0, 0.05) is 29.5 Å². The summed E-state index contributed by atoms with van der Waals surface area (Å²) < 4.78 is 10.5. The van der Waals surface area contributed by atoms with E-state index in [1.807, 2.05) is 0 Å². The Morgan fingerprint density at radius 2 is 1.79 bits per heavy atom. The Balaban J connectivity index is 1.92. The predicted molar refractivity (Wildman–Crippen MR) is 101 cm³/mol. The number of phenolic OH excluding ortho intramolecular Hbond substituents is 2. The molecule has 0 saturated carbocycles. The highest BCUT2D eigenvalue weighted by Crippen LogP contribution is 2.46. The number of allylic oxidation sites excluding steroid dienone is 1. The number of hydrogen-bond donors (Lipinski definition) is 3. The molecule has 0 bridgehead atoms. The molecular formula is C21H26O7. The first kappa shape index (κ1) is 20.4. The molecule has 0 fully saturated rings. The van der Waals surface area contributed by atoms with E-state index in [2.05, 4.69) is 6.92 Å². The van der Waals surface area contributed by atoms with Gasteiger partial charge < -0.3 is 24.8 Å². The summed E-state index contributed by atoms with van der Waals surface area (Å²) in [6.45, 7) is 1.97. The fraction of sp³-hybridized carbons (Fsp3) is 0.524. The van der Waals surface area contributed by atoms with Crippen LogP contribution in [0.3, 0.4) is 0 Å². The molecular weight excluding hydrogens is 364 g/mol. The second-order valence-corrected chi connectivity index (χ2v) is 7.39. The average Bonchev–Trinajstić information content (AvgIpc) is 2.68. The average molecular weight is 390 g/mol. The van der Waals surface area contributed by atoms with Crippen molar-refractivity contribution in [1.29, 1.82) is 0 Å². The van der Waals surface area contributed by atoms with Crippen LogP contribution in [-0.4, -0.2) is 39.8 Å². The molecule has 1 atom stereocenters. The molecule has 0 saturated heterocycles. The van der Waals surface area contributed by atoms with E-state index in [4.69, 9.17) is 9.47 Å². The Labute approximate surface area is 163 Å². The predicted octanol–water partition coefficient (Wildman–Crippen LogP) is 2.97. The molecule has 0 amide bonds. The number of phenols is 2. The van der Waals surface area contributed by atoms with E-state index in [0.29, 0.717) is 12.0 Å². The van der Waals surface area contributed by atoms with Crippen molar-refractivity contribution in [2.75, 3.05) is 7.11 Å². The minimum absolute atomic E-state index is 0.0128. The lowest BCUT2D eigenvalue weighted by molar-refractivity contribution is -0.222. The summed E-state index contributed by atoms with van der Waals surface area (Å²) in [5.74, 6) is -4.11. The Kier molecular flexibility index (Phi) is 5.76. The SMILES string of the molecule is CCCCCCC[C@@]1(O)Cc2c(O)c3c(c(O)c2CO1)C(=O)C(=O)C(OC)=C3. The highest BCUT2D eigenvalue weighted by Gasteiger charge is 2.41. The number of aromatic hydroxyl groups is 2. The number of rotatable bonds is 7. The van der Waals surface area contributed by atoms with Crippen LogP contribution in [-0.2, 0) is 27.3 Å². The Bertz CT molecular complexity index is 840. The van der Waals surface area contributed by atoms with Gasteiger partial charge in [0.25, 0.3) is 5.78 Å². The summed E-state index contributed by atoms with van der Waals surface area (Å²) in [5.41, 5.74) is 0.329. The zero-order chi connectivity index (χ0) is 20.5. The van der Waals surface area contributed by atoms with Crippen molar-refractivity contribution < 1.29 is 34.4 Å². The topological polar surface area (TPSA) is 113 Å². The lowest BCUT2D eigenvalue weighted by Gasteiger charge is -2.35. The number of unbranched alkanes of at least 4 members (excludes halogenated alkanes) is 4. The van der Waals surface area contributed by atoms with Gasteiger partial charge in [0.05, 0.1) is 19.3 Å². The molecule has 28 heavy (non-hydrogen) atoms. The lowest BCUT2D eigenvalue weighted by atomic mass is 9.84. The van der Waals surface area contributed by atoms with Gasteiger partial charge in [0.15, 0.2) is 11.5 Å². The molecule has 0 radical (unpaired) electrons. The maximum Gasteiger partial charge on any atom is 0.268 e. The number of carbonyl (C=O) groups is 2. The fourth-order valence-corrected chi connectivity index (χ4v) is 3.83. The maximum atomic E-state index is 12.4. The molecule has 152 valence electrons. The zero-order valence-corrected chi connectivity index (χ0v) is 16.2. The van der Waals surface area contributed by atoms with E-state index in [9.17, 15) is 24.9 Å². The van der Waals surface area contributed by atoms with Gasteiger partial charge in [-0.2, -0.15) is 0 Å². The van der Waals surface area contributed by atoms with Crippen molar-refractivity contribution in [2.24, 2.45) is 0 Å². The van der Waals surface area contributed by atoms with Gasteiger partial charge in [-0.25, -0.2) is 0 Å². The van der Waals surface area contributed by atoms with Crippen LogP contribution in [0.4, 0.5) is 0 Å². The van der Waals surface area contributed by atoms with Crippen LogP contribution >= 0.6 is 0 Å². The number of fused-ring (bicyclic) bond motifs is 2. The van der Waals surface area contributed by atoms with Crippen LogP contribution in [0, 0.1) is 0 Å². The molecule has 1 heterocycles. The number of methoxy groups -OCH3 is 1. The maximum absolute atomic E-state index is 12.4. The Morgan fingerprint density at radius 1 is 1.07 bits per heavy atom. The summed E-state index contributed by atoms with van der Waals surface area (Å²) >= 11 is 0. The third-order valence-electron chi connectivity index (χ3n) is 5.46. The van der Waals surface area contributed by atoms with E-state index >= 15 is 0 Å². The molecule has 3 rings (SSSR count). The van der Waals surface area contributed by atoms with Gasteiger partial charge in [-0.15, -0.1) is 0 Å². The number of benzene rings is 1. The largest absolute Gasteiger partial charge is 0.507 e. The van der Waals surface area contributed by atoms with Gasteiger partial charge in [0.2, 0.25) is 5.78 Å². The van der Waals surface area contributed by atoms with E-state index in [1.54, 1.807) is 0 Å². The summed E-state index contributed by atoms with van der Waals surface area (Å²) in [7, 11) is 1.25. The van der Waals surface area contributed by atoms with E-state index in [0.717, 1.165) is 32.1 Å². The van der Waals surface area contributed by atoms with Crippen LogP contribution in [0.15, 0.2) is 5.76 Å². The fourth-order valence-electron chi connectivity index (χ4n) is 3.83. The second kappa shape index (κ2) is 7.93. The standard InChI is InChI=1S/C21H26O7/c1-3-4-5-6-7-8-21(26)10-13-14(11-28-21)18(23)16-12(17(13)22)9-15(27-2)19(24)20(16)25/h9,22-23,26H,3-8,10-11H2,1-2H3/t21-/m0/s1. The normalized spacial score (nSPS) is 21.2. The molecule has 7 nitrogen and oxygen atoms in total. The minimum Gasteiger partial charge on any atom is -0.507 e. The van der Waals surface area contributed by atoms with Crippen molar-refractivity contribution >= 4 is 17.6 Å². The third-order valence-corrected chi connectivity index (χ3v) is 5.46. The summed E-state index contributed by atoms with van der Waals surface area (Å²) in [4.78, 5) is 24.4. The Morgan fingerprint density at radius 3 is 2.46 bits per heavy atom. The van der Waals surface area contributed by atoms with Crippen molar-refractivity contribution in [3.8, 4) is 11.5 Å². The smallest absolute Gasteiger partial charge is 0.268 e. The highest BCUT2D eigenvalue weighted by atomic mass is 16.6. The van der Waals surface area contributed by atoms with E-state index in [1.165, 1.54) is 13.2 Å². The molecule has 1 aliphatic carbocycles. The zero-order valence-electron chi connectivity index (χ0n) is 16.2. The molecule has 0 unspecified atom stereocenters. The van der Waals surface area contributed by atoms with Gasteiger partial charge in [-0.1, -0.05) is 32.6 Å². The van der Waals surface area contributed by atoms with Gasteiger partial charge >= 0.3 is 0 Å². The summed E-state index contributed by atoms with van der Waals surface area (Å²) in [6.07, 6.45) is 6.76.